The van der Waals surface area contributed by atoms with Crippen molar-refractivity contribution in [3.63, 3.8) is 0 Å². The van der Waals surface area contributed by atoms with Crippen molar-refractivity contribution in [1.29, 1.82) is 0 Å². The molecular formula is C14H16ClNO5S. The van der Waals surface area contributed by atoms with Crippen LogP contribution in [0.2, 0.25) is 0 Å². The molecule has 1 saturated carbocycles. The van der Waals surface area contributed by atoms with E-state index < -0.39 is 16.1 Å². The van der Waals surface area contributed by atoms with Crippen molar-refractivity contribution in [2.75, 3.05) is 5.88 Å². The van der Waals surface area contributed by atoms with Gasteiger partial charge in [0.05, 0.1) is 10.8 Å². The minimum Gasteiger partial charge on any atom is -0.464 e. The second-order valence-corrected chi connectivity index (χ2v) is 7.81. The van der Waals surface area contributed by atoms with Crippen LogP contribution in [0.25, 0.3) is 0 Å². The normalized spacial score (nSPS) is 22.9. The molecule has 120 valence electrons. The van der Waals surface area contributed by atoms with Gasteiger partial charge in [0.15, 0.2) is 5.78 Å². The summed E-state index contributed by atoms with van der Waals surface area (Å²) in [7, 11) is -4.08. The Morgan fingerprint density at radius 3 is 2.27 bits per heavy atom. The average Bonchev–Trinajstić information content (AvgIpc) is 2.99. The Morgan fingerprint density at radius 2 is 1.82 bits per heavy atom. The number of benzene rings is 1. The molecule has 0 radical (unpaired) electrons. The Morgan fingerprint density at radius 1 is 1.27 bits per heavy atom. The van der Waals surface area contributed by atoms with E-state index in [4.69, 9.17) is 16.7 Å². The molecule has 2 N–H and O–H groups in total. The van der Waals surface area contributed by atoms with Gasteiger partial charge in [0.25, 0.3) is 10.0 Å². The molecule has 2 atom stereocenters. The molecule has 0 aliphatic heterocycles. The van der Waals surface area contributed by atoms with Crippen molar-refractivity contribution in [2.45, 2.75) is 24.7 Å². The van der Waals surface area contributed by atoms with Gasteiger partial charge in [-0.05, 0) is 29.0 Å². The van der Waals surface area contributed by atoms with E-state index in [1.807, 2.05) is 13.8 Å². The van der Waals surface area contributed by atoms with E-state index in [2.05, 4.69) is 0 Å². The van der Waals surface area contributed by atoms with Crippen molar-refractivity contribution in [3.8, 4) is 0 Å². The smallest absolute Gasteiger partial charge is 0.418 e. The van der Waals surface area contributed by atoms with Gasteiger partial charge >= 0.3 is 6.09 Å². The SMILES string of the molecule is CC1(C)[C@@H](C(=O)CCl)[C@@H]1c1ccc(S(=O)(=O)NC(=O)O)cc1. The molecule has 1 aliphatic rings. The zero-order valence-electron chi connectivity index (χ0n) is 12.0. The summed E-state index contributed by atoms with van der Waals surface area (Å²) in [5.74, 6) is -0.256. The molecule has 0 unspecified atom stereocenters. The third-order valence-electron chi connectivity index (χ3n) is 4.08. The second-order valence-electron chi connectivity index (χ2n) is 5.86. The molecule has 1 aromatic carbocycles. The first-order chi connectivity index (χ1) is 10.1. The number of sulfonamides is 1. The number of carboxylic acid groups (broad SMARTS) is 1. The Kier molecular flexibility index (Phi) is 4.23. The second kappa shape index (κ2) is 5.55. The van der Waals surface area contributed by atoms with E-state index in [1.54, 1.807) is 12.1 Å². The maximum absolute atomic E-state index is 11.8. The van der Waals surface area contributed by atoms with Crippen molar-refractivity contribution in [1.82, 2.24) is 4.72 Å². The predicted octanol–water partition coefficient (Wildman–Crippen LogP) is 2.19. The minimum absolute atomic E-state index is 0.0112. The number of hydrogen-bond acceptors (Lipinski definition) is 4. The summed E-state index contributed by atoms with van der Waals surface area (Å²) in [6, 6.07) is 5.86. The number of halogens is 1. The van der Waals surface area contributed by atoms with Crippen LogP contribution in [0.5, 0.6) is 0 Å². The number of amides is 1. The summed E-state index contributed by atoms with van der Waals surface area (Å²) in [4.78, 5) is 22.1. The monoisotopic (exact) mass is 345 g/mol. The van der Waals surface area contributed by atoms with Crippen LogP contribution in [0.1, 0.15) is 25.3 Å². The lowest BCUT2D eigenvalue weighted by Gasteiger charge is -2.06. The quantitative estimate of drug-likeness (QED) is 0.797. The lowest BCUT2D eigenvalue weighted by molar-refractivity contribution is -0.118. The summed E-state index contributed by atoms with van der Waals surface area (Å²) in [6.07, 6.45) is -1.64. The number of ketones is 1. The largest absolute Gasteiger partial charge is 0.464 e. The fraction of sp³-hybridized carbons (Fsp3) is 0.429. The molecule has 1 aromatic rings. The van der Waals surface area contributed by atoms with Crippen molar-refractivity contribution < 1.29 is 23.1 Å². The molecule has 0 spiro atoms. The molecule has 0 heterocycles. The number of alkyl halides is 1. The summed E-state index contributed by atoms with van der Waals surface area (Å²) in [5, 5.41) is 8.51. The van der Waals surface area contributed by atoms with Crippen molar-refractivity contribution in [3.05, 3.63) is 29.8 Å². The zero-order valence-corrected chi connectivity index (χ0v) is 13.6. The fourth-order valence-corrected chi connectivity index (χ4v) is 3.98. The van der Waals surface area contributed by atoms with Gasteiger partial charge in [0, 0.05) is 5.92 Å². The van der Waals surface area contributed by atoms with Gasteiger partial charge in [-0.3, -0.25) is 4.79 Å². The molecule has 2 rings (SSSR count). The van der Waals surface area contributed by atoms with E-state index in [0.29, 0.717) is 0 Å². The first-order valence-corrected chi connectivity index (χ1v) is 8.57. The Bertz CT molecular complexity index is 711. The summed E-state index contributed by atoms with van der Waals surface area (Å²) >= 11 is 5.61. The highest BCUT2D eigenvalue weighted by Gasteiger charge is 2.61. The van der Waals surface area contributed by atoms with E-state index >= 15 is 0 Å². The van der Waals surface area contributed by atoms with Gasteiger partial charge in [-0.1, -0.05) is 26.0 Å². The lowest BCUT2D eigenvalue weighted by atomic mass is 10.0. The predicted molar refractivity (Wildman–Crippen MR) is 80.5 cm³/mol. The van der Waals surface area contributed by atoms with E-state index in [0.717, 1.165) is 5.56 Å². The van der Waals surface area contributed by atoms with Crippen LogP contribution in [-0.4, -0.2) is 31.3 Å². The summed E-state index contributed by atoms with van der Waals surface area (Å²) < 4.78 is 24.9. The number of carbonyl (C=O) groups excluding carboxylic acids is 1. The Hall–Kier alpha value is -1.60. The van der Waals surface area contributed by atoms with Crippen molar-refractivity contribution >= 4 is 33.5 Å². The van der Waals surface area contributed by atoms with Crippen molar-refractivity contribution in [2.24, 2.45) is 11.3 Å². The molecule has 1 amide bonds. The number of rotatable bonds is 5. The number of Topliss-reactive ketones (excluding diaryl/α,β-unsaturated/α-hetero) is 1. The highest BCUT2D eigenvalue weighted by Crippen LogP contribution is 2.64. The number of carbonyl (C=O) groups is 2. The third-order valence-corrected chi connectivity index (χ3v) is 5.68. The summed E-state index contributed by atoms with van der Waals surface area (Å²) in [5.41, 5.74) is 0.619. The van der Waals surface area contributed by atoms with Crippen LogP contribution >= 0.6 is 11.6 Å². The molecule has 6 nitrogen and oxygen atoms in total. The minimum atomic E-state index is -4.08. The molecule has 22 heavy (non-hydrogen) atoms. The molecule has 8 heteroatoms. The maximum Gasteiger partial charge on any atom is 0.418 e. The van der Waals surface area contributed by atoms with Crippen LogP contribution in [-0.2, 0) is 14.8 Å². The summed E-state index contributed by atoms with van der Waals surface area (Å²) in [6.45, 7) is 3.92. The number of nitrogens with one attached hydrogen (secondary N) is 1. The van der Waals surface area contributed by atoms with Gasteiger partial charge in [-0.2, -0.15) is 0 Å². The molecule has 1 aliphatic carbocycles. The average molecular weight is 346 g/mol. The fourth-order valence-electron chi connectivity index (χ4n) is 2.97. The van der Waals surface area contributed by atoms with Gasteiger partial charge in [-0.25, -0.2) is 17.9 Å². The van der Waals surface area contributed by atoms with E-state index in [-0.39, 0.29) is 33.8 Å². The van der Waals surface area contributed by atoms with Crippen LogP contribution in [0.4, 0.5) is 4.79 Å². The number of hydrogen-bond donors (Lipinski definition) is 2. The highest BCUT2D eigenvalue weighted by atomic mass is 35.5. The lowest BCUT2D eigenvalue weighted by Crippen LogP contribution is -2.28. The Balaban J connectivity index is 2.24. The van der Waals surface area contributed by atoms with Gasteiger partial charge in [0.1, 0.15) is 0 Å². The first-order valence-electron chi connectivity index (χ1n) is 6.55. The molecular weight excluding hydrogens is 330 g/mol. The van der Waals surface area contributed by atoms with Gasteiger partial charge in [-0.15, -0.1) is 11.6 Å². The highest BCUT2D eigenvalue weighted by molar-refractivity contribution is 7.90. The molecule has 0 bridgehead atoms. The van der Waals surface area contributed by atoms with Crippen LogP contribution in [0.15, 0.2) is 29.2 Å². The van der Waals surface area contributed by atoms with Crippen LogP contribution in [0, 0.1) is 11.3 Å². The van der Waals surface area contributed by atoms with Gasteiger partial charge < -0.3 is 5.11 Å². The van der Waals surface area contributed by atoms with E-state index in [1.165, 1.54) is 16.9 Å². The maximum atomic E-state index is 11.8. The Labute approximate surface area is 133 Å². The first kappa shape index (κ1) is 16.8. The van der Waals surface area contributed by atoms with Gasteiger partial charge in [0.2, 0.25) is 0 Å². The van der Waals surface area contributed by atoms with Crippen LogP contribution in [0.3, 0.4) is 0 Å². The van der Waals surface area contributed by atoms with Crippen LogP contribution < -0.4 is 4.72 Å². The standard InChI is InChI=1S/C14H16ClNO5S/c1-14(2)11(12(14)10(17)7-15)8-3-5-9(6-4-8)22(20,21)16-13(18)19/h3-6,11-12,16H,7H2,1-2H3,(H,18,19)/t11-,12-/m0/s1. The van der Waals surface area contributed by atoms with E-state index in [9.17, 15) is 18.0 Å². The third kappa shape index (κ3) is 2.96. The molecule has 0 aromatic heterocycles. The zero-order chi connectivity index (χ0) is 16.7. The molecule has 1 fully saturated rings. The molecule has 0 saturated heterocycles. The topological polar surface area (TPSA) is 101 Å².